The van der Waals surface area contributed by atoms with Gasteiger partial charge in [-0.3, -0.25) is 4.79 Å². The molecule has 3 rings (SSSR count). The minimum atomic E-state index is -0.0492. The molecule has 0 bridgehead atoms. The maximum Gasteiger partial charge on any atom is 0.254 e. The molecule has 4 heteroatoms. The zero-order valence-corrected chi connectivity index (χ0v) is 13.1. The summed E-state index contributed by atoms with van der Waals surface area (Å²) in [7, 11) is 3.49. The Balaban J connectivity index is 2.30. The lowest BCUT2D eigenvalue weighted by atomic mass is 10.0. The molecule has 0 saturated heterocycles. The normalized spacial score (nSPS) is 10.7. The number of amides is 1. The van der Waals surface area contributed by atoms with Crippen LogP contribution in [-0.2, 0) is 0 Å². The summed E-state index contributed by atoms with van der Waals surface area (Å²) in [6, 6.07) is 17.0. The van der Waals surface area contributed by atoms with Gasteiger partial charge in [0.15, 0.2) is 0 Å². The maximum absolute atomic E-state index is 12.5. The van der Waals surface area contributed by atoms with Gasteiger partial charge in [-0.25, -0.2) is 4.98 Å². The molecule has 3 nitrogen and oxygen atoms in total. The second kappa shape index (κ2) is 5.78. The van der Waals surface area contributed by atoms with Crippen molar-refractivity contribution < 1.29 is 4.79 Å². The van der Waals surface area contributed by atoms with Crippen LogP contribution in [0.25, 0.3) is 22.2 Å². The molecule has 0 aliphatic carbocycles. The van der Waals surface area contributed by atoms with Crippen molar-refractivity contribution in [1.82, 2.24) is 9.88 Å². The van der Waals surface area contributed by atoms with Gasteiger partial charge in [-0.05, 0) is 18.2 Å². The number of fused-ring (bicyclic) bond motifs is 1. The van der Waals surface area contributed by atoms with Crippen LogP contribution in [0, 0.1) is 0 Å². The van der Waals surface area contributed by atoms with Crippen molar-refractivity contribution in [2.45, 2.75) is 0 Å². The number of halogens is 1. The van der Waals surface area contributed by atoms with Crippen molar-refractivity contribution in [3.8, 4) is 11.3 Å². The first-order chi connectivity index (χ1) is 10.6. The van der Waals surface area contributed by atoms with E-state index in [1.165, 1.54) is 0 Å². The molecule has 0 aliphatic heterocycles. The van der Waals surface area contributed by atoms with E-state index >= 15 is 0 Å². The van der Waals surface area contributed by atoms with Gasteiger partial charge in [0.25, 0.3) is 5.91 Å². The van der Waals surface area contributed by atoms with Crippen LogP contribution in [0.5, 0.6) is 0 Å². The molecule has 0 unspecified atom stereocenters. The number of hydrogen-bond acceptors (Lipinski definition) is 2. The van der Waals surface area contributed by atoms with E-state index in [9.17, 15) is 4.79 Å². The predicted molar refractivity (Wildman–Crippen MR) is 90.2 cm³/mol. The molecule has 0 atom stereocenters. The minimum absolute atomic E-state index is 0.0492. The van der Waals surface area contributed by atoms with E-state index in [1.807, 2.05) is 54.6 Å². The lowest BCUT2D eigenvalue weighted by Crippen LogP contribution is -2.22. The van der Waals surface area contributed by atoms with Gasteiger partial charge in [-0.1, -0.05) is 48.0 Å². The maximum atomic E-state index is 12.5. The molecule has 3 aromatic rings. The number of nitrogens with zero attached hydrogens (tertiary/aromatic N) is 2. The van der Waals surface area contributed by atoms with Crippen LogP contribution in [0.3, 0.4) is 0 Å². The molecule has 1 heterocycles. The number of para-hydroxylation sites is 1. The Morgan fingerprint density at radius 3 is 2.45 bits per heavy atom. The lowest BCUT2D eigenvalue weighted by Gasteiger charge is -2.14. The Bertz CT molecular complexity index is 859. The van der Waals surface area contributed by atoms with Crippen molar-refractivity contribution >= 4 is 28.4 Å². The van der Waals surface area contributed by atoms with E-state index in [0.717, 1.165) is 16.5 Å². The summed E-state index contributed by atoms with van der Waals surface area (Å²) < 4.78 is 0. The predicted octanol–water partition coefficient (Wildman–Crippen LogP) is 4.26. The quantitative estimate of drug-likeness (QED) is 0.708. The van der Waals surface area contributed by atoms with Crippen LogP contribution in [0.4, 0.5) is 0 Å². The monoisotopic (exact) mass is 310 g/mol. The van der Waals surface area contributed by atoms with E-state index in [-0.39, 0.29) is 5.91 Å². The summed E-state index contributed by atoms with van der Waals surface area (Å²) in [6.07, 6.45) is 0. The summed E-state index contributed by atoms with van der Waals surface area (Å²) in [6.45, 7) is 0. The third-order valence-corrected chi connectivity index (χ3v) is 3.83. The van der Waals surface area contributed by atoms with Gasteiger partial charge in [0.1, 0.15) is 0 Å². The summed E-state index contributed by atoms with van der Waals surface area (Å²) in [4.78, 5) is 18.7. The Morgan fingerprint density at radius 1 is 1.05 bits per heavy atom. The van der Waals surface area contributed by atoms with Crippen molar-refractivity contribution in [2.75, 3.05) is 14.1 Å². The largest absolute Gasteiger partial charge is 0.345 e. The smallest absolute Gasteiger partial charge is 0.254 e. The topological polar surface area (TPSA) is 33.2 Å². The first-order valence-corrected chi connectivity index (χ1v) is 7.32. The second-order valence-corrected chi connectivity index (χ2v) is 5.66. The van der Waals surface area contributed by atoms with Crippen LogP contribution < -0.4 is 0 Å². The number of rotatable bonds is 2. The van der Waals surface area contributed by atoms with E-state index in [2.05, 4.69) is 4.98 Å². The Morgan fingerprint density at radius 2 is 1.73 bits per heavy atom. The molecule has 2 aromatic carbocycles. The molecule has 0 N–H and O–H groups in total. The van der Waals surface area contributed by atoms with Crippen LogP contribution >= 0.6 is 11.6 Å². The average Bonchev–Trinajstić information content (AvgIpc) is 2.53. The molecule has 0 radical (unpaired) electrons. The number of aromatic nitrogens is 1. The van der Waals surface area contributed by atoms with Crippen LogP contribution in [0.15, 0.2) is 54.6 Å². The van der Waals surface area contributed by atoms with Crippen molar-refractivity contribution in [1.29, 1.82) is 0 Å². The van der Waals surface area contributed by atoms with E-state index < -0.39 is 0 Å². The number of hydrogen-bond donors (Lipinski definition) is 0. The molecule has 1 aromatic heterocycles. The fraction of sp³-hybridized carbons (Fsp3) is 0.111. The van der Waals surface area contributed by atoms with Crippen molar-refractivity contribution in [2.24, 2.45) is 0 Å². The Hall–Kier alpha value is -2.39. The van der Waals surface area contributed by atoms with E-state index in [4.69, 9.17) is 11.6 Å². The van der Waals surface area contributed by atoms with E-state index in [1.54, 1.807) is 19.0 Å². The minimum Gasteiger partial charge on any atom is -0.345 e. The number of pyridine rings is 1. The summed E-state index contributed by atoms with van der Waals surface area (Å²) in [5, 5.41) is 1.46. The summed E-state index contributed by atoms with van der Waals surface area (Å²) >= 11 is 6.27. The summed E-state index contributed by atoms with van der Waals surface area (Å²) in [5.41, 5.74) is 2.94. The first-order valence-electron chi connectivity index (χ1n) is 6.94. The Labute approximate surface area is 134 Å². The average molecular weight is 311 g/mol. The molecule has 0 aliphatic rings. The zero-order valence-electron chi connectivity index (χ0n) is 12.4. The summed E-state index contributed by atoms with van der Waals surface area (Å²) in [5.74, 6) is -0.0492. The highest BCUT2D eigenvalue weighted by Gasteiger charge is 2.16. The van der Waals surface area contributed by atoms with Gasteiger partial charge in [0, 0.05) is 30.1 Å². The van der Waals surface area contributed by atoms with Gasteiger partial charge in [0.05, 0.1) is 16.8 Å². The third-order valence-electron chi connectivity index (χ3n) is 3.50. The molecule has 110 valence electrons. The number of carbonyl (C=O) groups is 1. The van der Waals surface area contributed by atoms with E-state index in [0.29, 0.717) is 16.3 Å². The molecule has 22 heavy (non-hydrogen) atoms. The van der Waals surface area contributed by atoms with Gasteiger partial charge >= 0.3 is 0 Å². The Kier molecular flexibility index (Phi) is 3.82. The molecule has 0 spiro atoms. The van der Waals surface area contributed by atoms with Crippen LogP contribution in [0.1, 0.15) is 10.4 Å². The van der Waals surface area contributed by atoms with Gasteiger partial charge < -0.3 is 4.90 Å². The standard InChI is InChI=1S/C18H15ClN2O/c1-21(2)18(22)14-11-17(13-8-3-5-9-15(13)19)20-16-10-6-4-7-12(14)16/h3-11H,1-2H3. The second-order valence-electron chi connectivity index (χ2n) is 5.25. The molecular formula is C18H15ClN2O. The van der Waals surface area contributed by atoms with Crippen molar-refractivity contribution in [3.05, 3.63) is 65.2 Å². The lowest BCUT2D eigenvalue weighted by molar-refractivity contribution is 0.0829. The highest BCUT2D eigenvalue weighted by molar-refractivity contribution is 6.33. The fourth-order valence-corrected chi connectivity index (χ4v) is 2.63. The third kappa shape index (κ3) is 2.55. The molecule has 0 fully saturated rings. The number of carbonyl (C=O) groups excluding carboxylic acids is 1. The fourth-order valence-electron chi connectivity index (χ4n) is 2.40. The van der Waals surface area contributed by atoms with Gasteiger partial charge in [-0.15, -0.1) is 0 Å². The highest BCUT2D eigenvalue weighted by atomic mass is 35.5. The van der Waals surface area contributed by atoms with Gasteiger partial charge in [-0.2, -0.15) is 0 Å². The highest BCUT2D eigenvalue weighted by Crippen LogP contribution is 2.30. The molecular weight excluding hydrogens is 296 g/mol. The van der Waals surface area contributed by atoms with Crippen LogP contribution in [0.2, 0.25) is 5.02 Å². The van der Waals surface area contributed by atoms with Crippen molar-refractivity contribution in [3.63, 3.8) is 0 Å². The van der Waals surface area contributed by atoms with Crippen LogP contribution in [-0.4, -0.2) is 29.9 Å². The zero-order chi connectivity index (χ0) is 15.7. The SMILES string of the molecule is CN(C)C(=O)c1cc(-c2ccccc2Cl)nc2ccccc12. The number of benzene rings is 2. The molecule has 0 saturated carbocycles. The first kappa shape index (κ1) is 14.5. The molecule has 1 amide bonds. The van der Waals surface area contributed by atoms with Gasteiger partial charge in [0.2, 0.25) is 0 Å².